The summed E-state index contributed by atoms with van der Waals surface area (Å²) in [5.74, 6) is -0.0904. The number of hydrogen-bond acceptors (Lipinski definition) is 1. The molecule has 0 bridgehead atoms. The number of benzene rings is 3. The zero-order chi connectivity index (χ0) is 18.7. The predicted octanol–water partition coefficient (Wildman–Crippen LogP) is 6.21. The highest BCUT2D eigenvalue weighted by atomic mass is 16.1. The molecular formula is C24H25NO. The zero-order valence-electron chi connectivity index (χ0n) is 15.8. The summed E-state index contributed by atoms with van der Waals surface area (Å²) in [7, 11) is 0. The van der Waals surface area contributed by atoms with Gasteiger partial charge in [0.05, 0.1) is 0 Å². The number of hydrogen-bond donors (Lipinski definition) is 1. The SMILES string of the molecule is Cc1ccccc1-c1cc(NC(=O)c2ccccc2)cc(C(C)(C)C)c1. The Kier molecular flexibility index (Phi) is 4.94. The summed E-state index contributed by atoms with van der Waals surface area (Å²) in [5.41, 5.74) is 6.20. The van der Waals surface area contributed by atoms with Gasteiger partial charge in [-0.25, -0.2) is 0 Å². The minimum absolute atomic E-state index is 0.00901. The lowest BCUT2D eigenvalue weighted by molar-refractivity contribution is 0.102. The van der Waals surface area contributed by atoms with Crippen LogP contribution in [0.4, 0.5) is 5.69 Å². The van der Waals surface area contributed by atoms with Gasteiger partial charge in [0.2, 0.25) is 0 Å². The Morgan fingerprint density at radius 2 is 1.50 bits per heavy atom. The lowest BCUT2D eigenvalue weighted by Gasteiger charge is -2.22. The van der Waals surface area contributed by atoms with E-state index in [0.717, 1.165) is 11.3 Å². The number of rotatable bonds is 3. The van der Waals surface area contributed by atoms with Crippen molar-refractivity contribution in [1.29, 1.82) is 0 Å². The maximum absolute atomic E-state index is 12.6. The van der Waals surface area contributed by atoms with Crippen LogP contribution in [-0.2, 0) is 5.41 Å². The average Bonchev–Trinajstić information content (AvgIpc) is 2.62. The van der Waals surface area contributed by atoms with E-state index < -0.39 is 0 Å². The number of carbonyl (C=O) groups is 1. The molecule has 2 heteroatoms. The topological polar surface area (TPSA) is 29.1 Å². The smallest absolute Gasteiger partial charge is 0.255 e. The van der Waals surface area contributed by atoms with Crippen molar-refractivity contribution in [1.82, 2.24) is 0 Å². The Labute approximate surface area is 155 Å². The molecule has 0 aliphatic heterocycles. The Hall–Kier alpha value is -2.87. The van der Waals surface area contributed by atoms with E-state index in [-0.39, 0.29) is 11.3 Å². The molecule has 3 rings (SSSR count). The molecule has 3 aromatic carbocycles. The molecule has 2 nitrogen and oxygen atoms in total. The van der Waals surface area contributed by atoms with E-state index in [4.69, 9.17) is 0 Å². The molecule has 0 unspecified atom stereocenters. The van der Waals surface area contributed by atoms with Crippen LogP contribution in [0.25, 0.3) is 11.1 Å². The summed E-state index contributed by atoms with van der Waals surface area (Å²) < 4.78 is 0. The molecule has 0 aromatic heterocycles. The predicted molar refractivity (Wildman–Crippen MR) is 110 cm³/mol. The van der Waals surface area contributed by atoms with Crippen molar-refractivity contribution < 1.29 is 4.79 Å². The van der Waals surface area contributed by atoms with Crippen molar-refractivity contribution in [2.24, 2.45) is 0 Å². The molecule has 0 aliphatic carbocycles. The fourth-order valence-electron chi connectivity index (χ4n) is 2.98. The van der Waals surface area contributed by atoms with Crippen molar-refractivity contribution in [3.63, 3.8) is 0 Å². The zero-order valence-corrected chi connectivity index (χ0v) is 15.8. The quantitative estimate of drug-likeness (QED) is 0.601. The van der Waals surface area contributed by atoms with Gasteiger partial charge in [0, 0.05) is 11.3 Å². The molecule has 0 radical (unpaired) electrons. The van der Waals surface area contributed by atoms with E-state index in [1.165, 1.54) is 16.7 Å². The summed E-state index contributed by atoms with van der Waals surface area (Å²) in [4.78, 5) is 12.6. The highest BCUT2D eigenvalue weighted by Gasteiger charge is 2.17. The Bertz CT molecular complexity index is 920. The standard InChI is InChI=1S/C24H25NO/c1-17-10-8-9-13-22(17)19-14-20(24(2,3)4)16-21(15-19)25-23(26)18-11-6-5-7-12-18/h5-16H,1-4H3,(H,25,26). The van der Waals surface area contributed by atoms with Gasteiger partial charge in [-0.3, -0.25) is 4.79 Å². The number of carbonyl (C=O) groups excluding carboxylic acids is 1. The van der Waals surface area contributed by atoms with Crippen LogP contribution in [0.2, 0.25) is 0 Å². The van der Waals surface area contributed by atoms with Gasteiger partial charge >= 0.3 is 0 Å². The average molecular weight is 343 g/mol. The van der Waals surface area contributed by atoms with E-state index in [2.05, 4.69) is 63.3 Å². The highest BCUT2D eigenvalue weighted by Crippen LogP contribution is 2.32. The van der Waals surface area contributed by atoms with Crippen LogP contribution in [0.5, 0.6) is 0 Å². The molecule has 0 spiro atoms. The maximum Gasteiger partial charge on any atom is 0.255 e. The second kappa shape index (κ2) is 7.17. The number of nitrogens with one attached hydrogen (secondary N) is 1. The molecule has 0 fully saturated rings. The van der Waals surface area contributed by atoms with Crippen LogP contribution in [-0.4, -0.2) is 5.91 Å². The molecule has 0 heterocycles. The molecule has 26 heavy (non-hydrogen) atoms. The Morgan fingerprint density at radius 3 is 2.15 bits per heavy atom. The van der Waals surface area contributed by atoms with Crippen LogP contribution >= 0.6 is 0 Å². The largest absolute Gasteiger partial charge is 0.322 e. The van der Waals surface area contributed by atoms with Crippen molar-refractivity contribution in [3.8, 4) is 11.1 Å². The van der Waals surface area contributed by atoms with E-state index in [1.807, 2.05) is 42.5 Å². The molecular weight excluding hydrogens is 318 g/mol. The van der Waals surface area contributed by atoms with Crippen molar-refractivity contribution >= 4 is 11.6 Å². The van der Waals surface area contributed by atoms with Gasteiger partial charge in [0.25, 0.3) is 5.91 Å². The number of anilines is 1. The first kappa shape index (κ1) is 17.9. The molecule has 0 aliphatic rings. The fraction of sp³-hybridized carbons (Fsp3) is 0.208. The first-order chi connectivity index (χ1) is 12.3. The number of amides is 1. The second-order valence-electron chi connectivity index (χ2n) is 7.68. The van der Waals surface area contributed by atoms with Crippen molar-refractivity contribution in [3.05, 3.63) is 89.5 Å². The summed E-state index contributed by atoms with van der Waals surface area (Å²) in [6, 6.07) is 24.0. The van der Waals surface area contributed by atoms with Crippen molar-refractivity contribution in [2.45, 2.75) is 33.1 Å². The van der Waals surface area contributed by atoms with Crippen LogP contribution in [0.1, 0.15) is 42.3 Å². The summed E-state index contributed by atoms with van der Waals surface area (Å²) in [6.45, 7) is 8.67. The maximum atomic E-state index is 12.6. The molecule has 0 atom stereocenters. The van der Waals surface area contributed by atoms with Crippen LogP contribution in [0.15, 0.2) is 72.8 Å². The van der Waals surface area contributed by atoms with Gasteiger partial charge in [-0.2, -0.15) is 0 Å². The van der Waals surface area contributed by atoms with Gasteiger partial charge < -0.3 is 5.32 Å². The van der Waals surface area contributed by atoms with Gasteiger partial charge in [-0.05, 0) is 58.9 Å². The summed E-state index contributed by atoms with van der Waals surface area (Å²) >= 11 is 0. The monoisotopic (exact) mass is 343 g/mol. The van der Waals surface area contributed by atoms with Crippen LogP contribution in [0, 0.1) is 6.92 Å². The first-order valence-electron chi connectivity index (χ1n) is 8.92. The third kappa shape index (κ3) is 4.02. The lowest BCUT2D eigenvalue weighted by Crippen LogP contribution is -2.15. The van der Waals surface area contributed by atoms with Gasteiger partial charge in [0.15, 0.2) is 0 Å². The van der Waals surface area contributed by atoms with Gasteiger partial charge in [0.1, 0.15) is 0 Å². The molecule has 3 aromatic rings. The highest BCUT2D eigenvalue weighted by molar-refractivity contribution is 6.04. The molecule has 1 N–H and O–H groups in total. The Balaban J connectivity index is 2.04. The van der Waals surface area contributed by atoms with Crippen LogP contribution in [0.3, 0.4) is 0 Å². The third-order valence-electron chi connectivity index (χ3n) is 4.55. The normalized spacial score (nSPS) is 11.2. The lowest BCUT2D eigenvalue weighted by atomic mass is 9.84. The minimum Gasteiger partial charge on any atom is -0.322 e. The van der Waals surface area contributed by atoms with E-state index in [1.54, 1.807) is 0 Å². The molecule has 1 amide bonds. The van der Waals surface area contributed by atoms with Crippen molar-refractivity contribution in [2.75, 3.05) is 5.32 Å². The van der Waals surface area contributed by atoms with Gasteiger partial charge in [-0.15, -0.1) is 0 Å². The van der Waals surface area contributed by atoms with Crippen LogP contribution < -0.4 is 5.32 Å². The van der Waals surface area contributed by atoms with E-state index in [9.17, 15) is 4.79 Å². The molecule has 0 saturated carbocycles. The Morgan fingerprint density at radius 1 is 0.846 bits per heavy atom. The summed E-state index contributed by atoms with van der Waals surface area (Å²) in [5, 5.41) is 3.06. The summed E-state index contributed by atoms with van der Waals surface area (Å²) in [6.07, 6.45) is 0. The molecule has 0 saturated heterocycles. The van der Waals surface area contributed by atoms with Gasteiger partial charge in [-0.1, -0.05) is 69.3 Å². The van der Waals surface area contributed by atoms with E-state index in [0.29, 0.717) is 5.56 Å². The van der Waals surface area contributed by atoms with E-state index >= 15 is 0 Å². The third-order valence-corrected chi connectivity index (χ3v) is 4.55. The fourth-order valence-corrected chi connectivity index (χ4v) is 2.98. The minimum atomic E-state index is -0.0904. The second-order valence-corrected chi connectivity index (χ2v) is 7.68. The molecule has 132 valence electrons. The first-order valence-corrected chi connectivity index (χ1v) is 8.92. The number of aryl methyl sites for hydroxylation is 1.